The number of amides is 1. The zero-order valence-corrected chi connectivity index (χ0v) is 10.7. The topological polar surface area (TPSA) is 83.8 Å². The molecule has 0 unspecified atom stereocenters. The lowest BCUT2D eigenvalue weighted by Crippen LogP contribution is -2.28. The summed E-state index contributed by atoms with van der Waals surface area (Å²) in [6, 6.07) is 7.74. The van der Waals surface area contributed by atoms with Gasteiger partial charge in [0, 0.05) is 31.9 Å². The molecule has 0 bridgehead atoms. The van der Waals surface area contributed by atoms with Crippen LogP contribution in [0.1, 0.15) is 17.0 Å². The van der Waals surface area contributed by atoms with Gasteiger partial charge >= 0.3 is 0 Å². The number of H-pyrrole nitrogens is 1. The number of hydrogen-bond donors (Lipinski definition) is 3. The van der Waals surface area contributed by atoms with Crippen molar-refractivity contribution < 1.29 is 4.79 Å². The van der Waals surface area contributed by atoms with Crippen LogP contribution in [-0.2, 0) is 24.2 Å². The van der Waals surface area contributed by atoms with Gasteiger partial charge in [0.25, 0.3) is 0 Å². The van der Waals surface area contributed by atoms with Crippen molar-refractivity contribution in [3.05, 3.63) is 53.6 Å². The molecule has 0 saturated heterocycles. The average molecular weight is 258 g/mol. The molecule has 2 rings (SSSR count). The van der Waals surface area contributed by atoms with Gasteiger partial charge in [-0.05, 0) is 11.1 Å². The molecular weight excluding hydrogens is 240 g/mol. The maximum absolute atomic E-state index is 11.8. The van der Waals surface area contributed by atoms with E-state index in [1.807, 2.05) is 24.3 Å². The third-order valence-electron chi connectivity index (χ3n) is 2.93. The Morgan fingerprint density at radius 3 is 2.79 bits per heavy atom. The molecule has 0 aliphatic carbocycles. The van der Waals surface area contributed by atoms with Crippen LogP contribution in [0.3, 0.4) is 0 Å². The molecule has 5 heteroatoms. The first-order valence-electron chi connectivity index (χ1n) is 6.31. The van der Waals surface area contributed by atoms with Gasteiger partial charge < -0.3 is 16.0 Å². The van der Waals surface area contributed by atoms with E-state index in [9.17, 15) is 4.79 Å². The fourth-order valence-electron chi connectivity index (χ4n) is 1.92. The number of aromatic nitrogens is 2. The van der Waals surface area contributed by atoms with Crippen LogP contribution in [0.15, 0.2) is 36.7 Å². The van der Waals surface area contributed by atoms with Gasteiger partial charge in [0.05, 0.1) is 6.42 Å². The fourth-order valence-corrected chi connectivity index (χ4v) is 1.92. The first-order chi connectivity index (χ1) is 9.29. The van der Waals surface area contributed by atoms with E-state index in [4.69, 9.17) is 5.73 Å². The Kier molecular flexibility index (Phi) is 4.69. The monoisotopic (exact) mass is 258 g/mol. The van der Waals surface area contributed by atoms with Crippen LogP contribution in [0.4, 0.5) is 0 Å². The van der Waals surface area contributed by atoms with E-state index in [-0.39, 0.29) is 5.91 Å². The van der Waals surface area contributed by atoms with Crippen molar-refractivity contribution in [2.24, 2.45) is 5.73 Å². The van der Waals surface area contributed by atoms with E-state index >= 15 is 0 Å². The second-order valence-electron chi connectivity index (χ2n) is 4.29. The molecule has 0 aliphatic heterocycles. The summed E-state index contributed by atoms with van der Waals surface area (Å²) in [7, 11) is 0. The van der Waals surface area contributed by atoms with Crippen molar-refractivity contribution in [3.8, 4) is 0 Å². The molecule has 0 spiro atoms. The first-order valence-corrected chi connectivity index (χ1v) is 6.31. The van der Waals surface area contributed by atoms with Gasteiger partial charge in [-0.2, -0.15) is 0 Å². The van der Waals surface area contributed by atoms with Crippen molar-refractivity contribution >= 4 is 5.91 Å². The number of rotatable bonds is 6. The molecule has 1 amide bonds. The summed E-state index contributed by atoms with van der Waals surface area (Å²) in [6.07, 6.45) is 4.55. The van der Waals surface area contributed by atoms with E-state index in [1.54, 1.807) is 12.4 Å². The molecule has 100 valence electrons. The van der Waals surface area contributed by atoms with E-state index < -0.39 is 0 Å². The molecular formula is C14H18N4O. The highest BCUT2D eigenvalue weighted by atomic mass is 16.1. The van der Waals surface area contributed by atoms with Crippen LogP contribution >= 0.6 is 0 Å². The zero-order valence-electron chi connectivity index (χ0n) is 10.7. The minimum absolute atomic E-state index is 0.00690. The fraction of sp³-hybridized carbons (Fsp3) is 0.286. The summed E-state index contributed by atoms with van der Waals surface area (Å²) < 4.78 is 0. The highest BCUT2D eigenvalue weighted by Crippen LogP contribution is 2.08. The van der Waals surface area contributed by atoms with Crippen LogP contribution in [0.25, 0.3) is 0 Å². The summed E-state index contributed by atoms with van der Waals surface area (Å²) in [5, 5.41) is 2.88. The van der Waals surface area contributed by atoms with Gasteiger partial charge in [-0.3, -0.25) is 4.79 Å². The average Bonchev–Trinajstić information content (AvgIpc) is 2.92. The molecule has 0 atom stereocenters. The maximum atomic E-state index is 11.8. The molecule has 4 N–H and O–H groups in total. The summed E-state index contributed by atoms with van der Waals surface area (Å²) in [5.74, 6) is 0.884. The molecule has 0 aliphatic rings. The van der Waals surface area contributed by atoms with Crippen LogP contribution in [-0.4, -0.2) is 22.4 Å². The maximum Gasteiger partial charge on any atom is 0.224 e. The summed E-state index contributed by atoms with van der Waals surface area (Å²) in [5.41, 5.74) is 7.65. The van der Waals surface area contributed by atoms with Gasteiger partial charge in [-0.25, -0.2) is 4.98 Å². The quantitative estimate of drug-likeness (QED) is 0.715. The Morgan fingerprint density at radius 1 is 1.32 bits per heavy atom. The van der Waals surface area contributed by atoms with Crippen molar-refractivity contribution in [3.63, 3.8) is 0 Å². The van der Waals surface area contributed by atoms with Gasteiger partial charge in [-0.15, -0.1) is 0 Å². The molecule has 1 heterocycles. The minimum atomic E-state index is 0.00690. The highest BCUT2D eigenvalue weighted by Gasteiger charge is 2.06. The lowest BCUT2D eigenvalue weighted by Gasteiger charge is -2.08. The molecule has 1 aromatic heterocycles. The molecule has 0 fully saturated rings. The van der Waals surface area contributed by atoms with Gasteiger partial charge in [0.2, 0.25) is 5.91 Å². The van der Waals surface area contributed by atoms with Crippen molar-refractivity contribution in [2.45, 2.75) is 19.4 Å². The van der Waals surface area contributed by atoms with Crippen LogP contribution in [0.5, 0.6) is 0 Å². The van der Waals surface area contributed by atoms with Crippen molar-refractivity contribution in [1.82, 2.24) is 15.3 Å². The Labute approximate surface area is 112 Å². The molecule has 0 radical (unpaired) electrons. The Morgan fingerprint density at radius 2 is 2.11 bits per heavy atom. The zero-order chi connectivity index (χ0) is 13.5. The number of nitrogens with two attached hydrogens (primary N) is 1. The van der Waals surface area contributed by atoms with Gasteiger partial charge in [0.1, 0.15) is 5.82 Å². The number of benzene rings is 1. The predicted molar refractivity (Wildman–Crippen MR) is 73.3 cm³/mol. The van der Waals surface area contributed by atoms with Crippen molar-refractivity contribution in [1.29, 1.82) is 0 Å². The number of nitrogens with one attached hydrogen (secondary N) is 2. The number of aromatic amines is 1. The number of carbonyl (C=O) groups is 1. The third kappa shape index (κ3) is 3.93. The van der Waals surface area contributed by atoms with Crippen LogP contribution < -0.4 is 11.1 Å². The normalized spacial score (nSPS) is 10.4. The summed E-state index contributed by atoms with van der Waals surface area (Å²) in [6.45, 7) is 1.03. The lowest BCUT2D eigenvalue weighted by atomic mass is 10.0. The minimum Gasteiger partial charge on any atom is -0.355 e. The molecule has 1 aromatic carbocycles. The lowest BCUT2D eigenvalue weighted by molar-refractivity contribution is -0.120. The SMILES string of the molecule is NCc1ccccc1CC(=O)NCCc1ncc[nH]1. The number of nitrogens with zero attached hydrogens (tertiary/aromatic N) is 1. The largest absolute Gasteiger partial charge is 0.355 e. The molecule has 5 nitrogen and oxygen atoms in total. The van der Waals surface area contributed by atoms with Crippen LogP contribution in [0, 0.1) is 0 Å². The number of carbonyl (C=O) groups excluding carboxylic acids is 1. The molecule has 2 aromatic rings. The standard InChI is InChI=1S/C14H18N4O/c15-10-12-4-2-1-3-11(12)9-14(19)18-6-5-13-16-7-8-17-13/h1-4,7-8H,5-6,9-10,15H2,(H,16,17)(H,18,19). The third-order valence-corrected chi connectivity index (χ3v) is 2.93. The molecule has 19 heavy (non-hydrogen) atoms. The van der Waals surface area contributed by atoms with E-state index in [2.05, 4.69) is 15.3 Å². The second kappa shape index (κ2) is 6.70. The second-order valence-corrected chi connectivity index (χ2v) is 4.29. The Hall–Kier alpha value is -2.14. The Balaban J connectivity index is 1.80. The predicted octanol–water partition coefficient (Wildman–Crippen LogP) is 0.770. The van der Waals surface area contributed by atoms with E-state index in [0.717, 1.165) is 17.0 Å². The van der Waals surface area contributed by atoms with Crippen LogP contribution in [0.2, 0.25) is 0 Å². The first kappa shape index (κ1) is 13.3. The van der Waals surface area contributed by atoms with E-state index in [1.165, 1.54) is 0 Å². The smallest absolute Gasteiger partial charge is 0.224 e. The van der Waals surface area contributed by atoms with E-state index in [0.29, 0.717) is 25.9 Å². The van der Waals surface area contributed by atoms with Gasteiger partial charge in [0.15, 0.2) is 0 Å². The highest BCUT2D eigenvalue weighted by molar-refractivity contribution is 5.78. The number of imidazole rings is 1. The summed E-state index contributed by atoms with van der Waals surface area (Å²) >= 11 is 0. The van der Waals surface area contributed by atoms with Crippen molar-refractivity contribution in [2.75, 3.05) is 6.54 Å². The van der Waals surface area contributed by atoms with Gasteiger partial charge in [-0.1, -0.05) is 24.3 Å². The Bertz CT molecular complexity index is 522. The summed E-state index contributed by atoms with van der Waals surface area (Å²) in [4.78, 5) is 18.9. The number of hydrogen-bond acceptors (Lipinski definition) is 3. The molecule has 0 saturated carbocycles.